The van der Waals surface area contributed by atoms with E-state index in [0.29, 0.717) is 107 Å². The number of hydrogen-bond donors (Lipinski definition) is 4. The Labute approximate surface area is 479 Å². The number of aliphatic hydroxyl groups is 2. The SMILES string of the molecule is CC(C)(O)CN1CCc2ccc(Nc3nc(CC(C)(c4ccccc4)c4cnc(N5CCN(c6ncnc(Nc7ccc(N8CCCC(O)C8)cc7)n6)CC5)nc4)nc(N4CCN(c5ncc(Cc6ccccc6)cn5)CC4)n3)cc2C1. The summed E-state index contributed by atoms with van der Waals surface area (Å²) in [6.45, 7) is 15.3. The van der Waals surface area contributed by atoms with Crippen LogP contribution in [0.4, 0.5) is 52.8 Å². The molecule has 4 aromatic heterocycles. The fourth-order valence-corrected chi connectivity index (χ4v) is 11.7. The van der Waals surface area contributed by atoms with E-state index in [4.69, 9.17) is 39.9 Å². The molecule has 4 aromatic carbocycles. The van der Waals surface area contributed by atoms with Gasteiger partial charge in [-0.3, -0.25) is 4.90 Å². The average molecular weight is 1100 g/mol. The monoisotopic (exact) mass is 1100 g/mol. The molecule has 0 aliphatic carbocycles. The minimum Gasteiger partial charge on any atom is -0.391 e. The maximum Gasteiger partial charge on any atom is 0.232 e. The number of anilines is 9. The van der Waals surface area contributed by atoms with Gasteiger partial charge in [-0.25, -0.2) is 29.9 Å². The summed E-state index contributed by atoms with van der Waals surface area (Å²) in [5, 5.41) is 27.8. The van der Waals surface area contributed by atoms with Crippen molar-refractivity contribution >= 4 is 52.8 Å². The van der Waals surface area contributed by atoms with Crippen LogP contribution in [0.3, 0.4) is 0 Å². The molecule has 4 aliphatic heterocycles. The molecule has 4 aliphatic rings. The summed E-state index contributed by atoms with van der Waals surface area (Å²) >= 11 is 0. The third-order valence-corrected chi connectivity index (χ3v) is 16.1. The van der Waals surface area contributed by atoms with Crippen molar-refractivity contribution in [1.29, 1.82) is 0 Å². The number of benzene rings is 4. The Morgan fingerprint density at radius 1 is 0.537 bits per heavy atom. The van der Waals surface area contributed by atoms with Crippen LogP contribution in [0.15, 0.2) is 134 Å². The van der Waals surface area contributed by atoms with Gasteiger partial charge in [-0.05, 0) is 103 Å². The number of aromatic nitrogens is 10. The summed E-state index contributed by atoms with van der Waals surface area (Å²) in [4.78, 5) is 62.4. The fraction of sp³-hybridized carbons (Fsp3) is 0.387. The Bertz CT molecular complexity index is 3390. The minimum absolute atomic E-state index is 0.287. The van der Waals surface area contributed by atoms with E-state index in [0.717, 1.165) is 85.0 Å². The van der Waals surface area contributed by atoms with Crippen molar-refractivity contribution < 1.29 is 10.2 Å². The van der Waals surface area contributed by atoms with Crippen LogP contribution >= 0.6 is 0 Å². The van der Waals surface area contributed by atoms with Gasteiger partial charge in [-0.2, -0.15) is 19.9 Å². The second kappa shape index (κ2) is 23.9. The minimum atomic E-state index is -0.784. The van der Waals surface area contributed by atoms with E-state index in [1.54, 1.807) is 6.33 Å². The molecule has 0 saturated carbocycles. The summed E-state index contributed by atoms with van der Waals surface area (Å²) in [7, 11) is 0. The van der Waals surface area contributed by atoms with E-state index in [-0.39, 0.29) is 6.10 Å². The molecule has 2 atom stereocenters. The van der Waals surface area contributed by atoms with Crippen molar-refractivity contribution in [3.05, 3.63) is 173 Å². The van der Waals surface area contributed by atoms with E-state index >= 15 is 0 Å². The number of nitrogens with one attached hydrogen (secondary N) is 2. The highest BCUT2D eigenvalue weighted by atomic mass is 16.3. The molecular weight excluding hydrogens is 1030 g/mol. The van der Waals surface area contributed by atoms with E-state index in [9.17, 15) is 10.2 Å². The second-order valence-corrected chi connectivity index (χ2v) is 22.9. The largest absolute Gasteiger partial charge is 0.391 e. The van der Waals surface area contributed by atoms with Gasteiger partial charge in [0.2, 0.25) is 35.7 Å². The van der Waals surface area contributed by atoms with Gasteiger partial charge in [0.05, 0.1) is 11.7 Å². The van der Waals surface area contributed by atoms with Crippen LogP contribution in [0, 0.1) is 0 Å². The van der Waals surface area contributed by atoms with Crippen molar-refractivity contribution in [2.75, 3.05) is 114 Å². The van der Waals surface area contributed by atoms with E-state index in [2.05, 4.69) is 136 Å². The molecule has 8 aromatic rings. The quantitative estimate of drug-likeness (QED) is 0.0722. The first-order chi connectivity index (χ1) is 39.9. The van der Waals surface area contributed by atoms with E-state index in [1.165, 1.54) is 16.7 Å². The van der Waals surface area contributed by atoms with E-state index in [1.807, 2.05) is 62.9 Å². The molecule has 20 nitrogen and oxygen atoms in total. The zero-order valence-electron chi connectivity index (χ0n) is 47.1. The highest BCUT2D eigenvalue weighted by Crippen LogP contribution is 2.36. The van der Waals surface area contributed by atoms with Crippen LogP contribution in [-0.2, 0) is 31.2 Å². The summed E-state index contributed by atoms with van der Waals surface area (Å²) < 4.78 is 0. The van der Waals surface area contributed by atoms with Crippen LogP contribution in [0.5, 0.6) is 0 Å². The van der Waals surface area contributed by atoms with Crippen molar-refractivity contribution in [3.8, 4) is 0 Å². The summed E-state index contributed by atoms with van der Waals surface area (Å²) in [5.74, 6) is 4.18. The van der Waals surface area contributed by atoms with Gasteiger partial charge in [0.25, 0.3) is 0 Å². The third-order valence-electron chi connectivity index (χ3n) is 16.1. The van der Waals surface area contributed by atoms with Gasteiger partial charge < -0.3 is 45.3 Å². The number of aliphatic hydroxyl groups excluding tert-OH is 1. The van der Waals surface area contributed by atoms with E-state index < -0.39 is 11.0 Å². The Kier molecular flexibility index (Phi) is 15.8. The summed E-state index contributed by atoms with van der Waals surface area (Å²) in [6, 6.07) is 35.5. The predicted octanol–water partition coefficient (Wildman–Crippen LogP) is 7.01. The predicted molar refractivity (Wildman–Crippen MR) is 321 cm³/mol. The topological polar surface area (TPSA) is 213 Å². The summed E-state index contributed by atoms with van der Waals surface area (Å²) in [5.41, 5.74) is 8.32. The van der Waals surface area contributed by atoms with Gasteiger partial charge in [0.1, 0.15) is 12.2 Å². The van der Waals surface area contributed by atoms with Crippen LogP contribution in [0.1, 0.15) is 72.8 Å². The van der Waals surface area contributed by atoms with Gasteiger partial charge in [0, 0.05) is 145 Å². The Morgan fingerprint density at radius 3 is 1.82 bits per heavy atom. The number of β-amino-alcohol motifs (C(OH)–C–C–N with tert-alkyl or cyclic N) is 2. The highest BCUT2D eigenvalue weighted by molar-refractivity contribution is 5.61. The zero-order valence-corrected chi connectivity index (χ0v) is 47.1. The Hall–Kier alpha value is -8.46. The number of piperidine rings is 1. The molecule has 0 amide bonds. The fourth-order valence-electron chi connectivity index (χ4n) is 11.7. The molecule has 3 fully saturated rings. The number of fused-ring (bicyclic) bond motifs is 1. The molecule has 0 spiro atoms. The molecule has 0 radical (unpaired) electrons. The maximum absolute atomic E-state index is 10.6. The molecule has 0 bridgehead atoms. The molecule has 2 unspecified atom stereocenters. The second-order valence-electron chi connectivity index (χ2n) is 22.9. The lowest BCUT2D eigenvalue weighted by Gasteiger charge is -2.35. The number of nitrogens with zero attached hydrogens (tertiary/aromatic N) is 16. The lowest BCUT2D eigenvalue weighted by molar-refractivity contribution is 0.0318. The van der Waals surface area contributed by atoms with Gasteiger partial charge in [0.15, 0.2) is 0 Å². The lowest BCUT2D eigenvalue weighted by atomic mass is 9.74. The summed E-state index contributed by atoms with van der Waals surface area (Å²) in [6.07, 6.45) is 13.0. The van der Waals surface area contributed by atoms with Crippen LogP contribution in [-0.4, -0.2) is 155 Å². The molecule has 422 valence electrons. The maximum atomic E-state index is 10.6. The highest BCUT2D eigenvalue weighted by Gasteiger charge is 2.34. The smallest absolute Gasteiger partial charge is 0.232 e. The number of hydrogen-bond acceptors (Lipinski definition) is 20. The van der Waals surface area contributed by atoms with Crippen LogP contribution in [0.2, 0.25) is 0 Å². The number of rotatable bonds is 17. The van der Waals surface area contributed by atoms with Gasteiger partial charge in [-0.1, -0.05) is 73.7 Å². The van der Waals surface area contributed by atoms with Crippen molar-refractivity contribution in [2.45, 2.75) is 76.5 Å². The van der Waals surface area contributed by atoms with Crippen LogP contribution < -0.4 is 35.1 Å². The van der Waals surface area contributed by atoms with Gasteiger partial charge >= 0.3 is 0 Å². The molecule has 4 N–H and O–H groups in total. The Balaban J connectivity index is 0.753. The van der Waals surface area contributed by atoms with Crippen molar-refractivity contribution in [3.63, 3.8) is 0 Å². The Morgan fingerprint density at radius 2 is 1.15 bits per heavy atom. The first-order valence-corrected chi connectivity index (χ1v) is 28.7. The van der Waals surface area contributed by atoms with Gasteiger partial charge in [-0.15, -0.1) is 0 Å². The molecule has 3 saturated heterocycles. The normalized spacial score (nSPS) is 17.8. The average Bonchev–Trinajstić information content (AvgIpc) is 3.70. The first-order valence-electron chi connectivity index (χ1n) is 28.7. The molecule has 20 heteroatoms. The van der Waals surface area contributed by atoms with Crippen molar-refractivity contribution in [1.82, 2.24) is 54.7 Å². The molecule has 12 rings (SSSR count). The molecular formula is C62H72N18O2. The molecule has 82 heavy (non-hydrogen) atoms. The number of piperazine rings is 2. The first kappa shape index (κ1) is 54.1. The standard InChI is InChI=1S/C62H72N18O2/c1-61(2,82)42-75-24-22-46-16-17-51(34-47(46)40-75)70-56-71-54(72-60(74-56)79-31-27-76(28-32-79)57-63-36-45(37-64-57)33-44-11-6-4-7-12-44)35-62(3,48-13-8-5-9-14-48)49-38-65-58(66-39-49)77-25-29-78(30-26-77)59-68-43-67-55(73-59)69-50-18-20-52(21-19-50)80-23-10-15-53(81)41-80/h4-9,11-14,16-21,34,36-39,43,53,81-82H,10,15,22-33,35,40-42H2,1-3H3,(H,67,68,69,73)(H,70,71,72,74). The third kappa shape index (κ3) is 13.0. The van der Waals surface area contributed by atoms with Crippen LogP contribution in [0.25, 0.3) is 0 Å². The zero-order chi connectivity index (χ0) is 56.0. The molecule has 8 heterocycles. The lowest BCUT2D eigenvalue weighted by Crippen LogP contribution is -2.48. The van der Waals surface area contributed by atoms with Crippen molar-refractivity contribution in [2.24, 2.45) is 0 Å².